The number of ether oxygens (including phenoxy) is 1. The first kappa shape index (κ1) is 19.8. The third kappa shape index (κ3) is 3.81. The molecular formula is C22H18N2O5S. The summed E-state index contributed by atoms with van der Waals surface area (Å²) in [6, 6.07) is 17.4. The van der Waals surface area contributed by atoms with Crippen LogP contribution < -0.4 is 10.1 Å². The quantitative estimate of drug-likeness (QED) is 0.246. The first-order valence-corrected chi connectivity index (χ1v) is 10.1. The molecule has 152 valence electrons. The van der Waals surface area contributed by atoms with Crippen LogP contribution in [0.25, 0.3) is 21.9 Å². The van der Waals surface area contributed by atoms with Crippen molar-refractivity contribution in [3.05, 3.63) is 70.8 Å². The number of non-ortho nitro benzene ring substituents is 1. The van der Waals surface area contributed by atoms with E-state index in [1.54, 1.807) is 32.2 Å². The van der Waals surface area contributed by atoms with Gasteiger partial charge in [-0.15, -0.1) is 11.8 Å². The third-order valence-corrected chi connectivity index (χ3v) is 5.80. The van der Waals surface area contributed by atoms with E-state index in [0.29, 0.717) is 17.0 Å². The van der Waals surface area contributed by atoms with Gasteiger partial charge in [-0.2, -0.15) is 0 Å². The van der Waals surface area contributed by atoms with Crippen LogP contribution in [0.5, 0.6) is 5.75 Å². The van der Waals surface area contributed by atoms with Crippen LogP contribution in [-0.2, 0) is 4.79 Å². The second-order valence-electron chi connectivity index (χ2n) is 6.65. The number of rotatable bonds is 6. The number of nitrogens with one attached hydrogen (secondary N) is 1. The van der Waals surface area contributed by atoms with Crippen molar-refractivity contribution in [2.45, 2.75) is 17.1 Å². The smallest absolute Gasteiger partial charge is 0.269 e. The number of carbonyl (C=O) groups is 1. The molecule has 30 heavy (non-hydrogen) atoms. The molecule has 0 aliphatic heterocycles. The molecule has 4 aromatic rings. The van der Waals surface area contributed by atoms with Crippen molar-refractivity contribution >= 4 is 51.0 Å². The zero-order valence-electron chi connectivity index (χ0n) is 16.2. The van der Waals surface area contributed by atoms with Gasteiger partial charge in [0.15, 0.2) is 0 Å². The van der Waals surface area contributed by atoms with Gasteiger partial charge in [0, 0.05) is 33.9 Å². The Morgan fingerprint density at radius 1 is 1.10 bits per heavy atom. The van der Waals surface area contributed by atoms with Crippen LogP contribution in [-0.4, -0.2) is 23.2 Å². The fourth-order valence-electron chi connectivity index (χ4n) is 3.16. The summed E-state index contributed by atoms with van der Waals surface area (Å²) in [5.74, 6) is 0.321. The van der Waals surface area contributed by atoms with Gasteiger partial charge in [0.1, 0.15) is 16.9 Å². The van der Waals surface area contributed by atoms with Crippen LogP contribution in [0, 0.1) is 10.1 Å². The second kappa shape index (κ2) is 8.08. The van der Waals surface area contributed by atoms with Crippen LogP contribution in [0.15, 0.2) is 70.0 Å². The van der Waals surface area contributed by atoms with Crippen molar-refractivity contribution in [2.75, 3.05) is 12.4 Å². The number of methoxy groups -OCH3 is 1. The van der Waals surface area contributed by atoms with E-state index >= 15 is 0 Å². The molecule has 8 heteroatoms. The number of nitro groups is 1. The van der Waals surface area contributed by atoms with Crippen molar-refractivity contribution < 1.29 is 18.9 Å². The monoisotopic (exact) mass is 422 g/mol. The number of furan rings is 1. The van der Waals surface area contributed by atoms with Crippen molar-refractivity contribution in [3.63, 3.8) is 0 Å². The SMILES string of the molecule is COc1cc2c(cc1NC(=O)C(C)Sc1ccc([N+](=O)[O-])cc1)oc1ccccc12. The minimum atomic E-state index is -0.453. The number of nitro benzene ring substituents is 1. The standard InChI is InChI=1S/C22H18N2O5S/c1-13(30-15-9-7-14(8-10-15)24(26)27)22(25)23-18-12-20-17(11-21(18)28-2)16-5-3-4-6-19(16)29-20/h3-13H,1-2H3,(H,23,25). The lowest BCUT2D eigenvalue weighted by molar-refractivity contribution is -0.384. The second-order valence-corrected chi connectivity index (χ2v) is 8.06. The number of amides is 1. The average molecular weight is 422 g/mol. The summed E-state index contributed by atoms with van der Waals surface area (Å²) in [7, 11) is 1.55. The van der Waals surface area contributed by atoms with Crippen LogP contribution in [0.1, 0.15) is 6.92 Å². The molecule has 3 aromatic carbocycles. The Bertz CT molecular complexity index is 1250. The van der Waals surface area contributed by atoms with E-state index in [-0.39, 0.29) is 11.6 Å². The van der Waals surface area contributed by atoms with E-state index in [4.69, 9.17) is 9.15 Å². The highest BCUT2D eigenvalue weighted by Gasteiger charge is 2.19. The van der Waals surface area contributed by atoms with E-state index in [1.165, 1.54) is 23.9 Å². The fourth-order valence-corrected chi connectivity index (χ4v) is 4.02. The molecule has 0 aliphatic carbocycles. The first-order chi connectivity index (χ1) is 14.5. The summed E-state index contributed by atoms with van der Waals surface area (Å²) < 4.78 is 11.4. The Kier molecular flexibility index (Phi) is 5.33. The van der Waals surface area contributed by atoms with E-state index in [1.807, 2.05) is 30.3 Å². The molecule has 1 heterocycles. The lowest BCUT2D eigenvalue weighted by Crippen LogP contribution is -2.22. The van der Waals surface area contributed by atoms with Gasteiger partial charge in [-0.05, 0) is 31.2 Å². The van der Waals surface area contributed by atoms with Crippen LogP contribution in [0.4, 0.5) is 11.4 Å². The zero-order chi connectivity index (χ0) is 21.3. The number of hydrogen-bond donors (Lipinski definition) is 1. The van der Waals surface area contributed by atoms with Crippen molar-refractivity contribution in [2.24, 2.45) is 0 Å². The molecule has 0 saturated carbocycles. The predicted octanol–water partition coefficient (Wildman–Crippen LogP) is 5.62. The Balaban J connectivity index is 1.55. The molecule has 1 aromatic heterocycles. The van der Waals surface area contributed by atoms with E-state index < -0.39 is 10.2 Å². The molecule has 1 atom stereocenters. The lowest BCUT2D eigenvalue weighted by Gasteiger charge is -2.14. The van der Waals surface area contributed by atoms with Crippen LogP contribution in [0.2, 0.25) is 0 Å². The van der Waals surface area contributed by atoms with Crippen molar-refractivity contribution in [1.29, 1.82) is 0 Å². The van der Waals surface area contributed by atoms with Crippen LogP contribution >= 0.6 is 11.8 Å². The molecule has 0 spiro atoms. The van der Waals surface area contributed by atoms with Gasteiger partial charge in [-0.1, -0.05) is 18.2 Å². The van der Waals surface area contributed by atoms with E-state index in [2.05, 4.69) is 5.32 Å². The molecule has 4 rings (SSSR count). The minimum absolute atomic E-state index is 0.0142. The number of hydrogen-bond acceptors (Lipinski definition) is 6. The number of benzene rings is 3. The van der Waals surface area contributed by atoms with Gasteiger partial charge in [0.2, 0.25) is 5.91 Å². The Labute approximate surface area is 176 Å². The van der Waals surface area contributed by atoms with Crippen molar-refractivity contribution in [3.8, 4) is 5.75 Å². The Morgan fingerprint density at radius 2 is 1.83 bits per heavy atom. The zero-order valence-corrected chi connectivity index (χ0v) is 17.1. The van der Waals surface area contributed by atoms with Gasteiger partial charge < -0.3 is 14.5 Å². The number of carbonyl (C=O) groups excluding carboxylic acids is 1. The number of nitrogens with zero attached hydrogens (tertiary/aromatic N) is 1. The molecule has 7 nitrogen and oxygen atoms in total. The topological polar surface area (TPSA) is 94.6 Å². The van der Waals surface area contributed by atoms with Gasteiger partial charge in [-0.3, -0.25) is 14.9 Å². The molecule has 1 amide bonds. The number of fused-ring (bicyclic) bond motifs is 3. The highest BCUT2D eigenvalue weighted by Crippen LogP contribution is 2.37. The van der Waals surface area contributed by atoms with Gasteiger partial charge in [-0.25, -0.2) is 0 Å². The average Bonchev–Trinajstić information content (AvgIpc) is 3.10. The van der Waals surface area contributed by atoms with Gasteiger partial charge in [0.25, 0.3) is 5.69 Å². The minimum Gasteiger partial charge on any atom is -0.495 e. The summed E-state index contributed by atoms with van der Waals surface area (Å²) >= 11 is 1.31. The molecule has 0 aliphatic rings. The molecule has 0 bridgehead atoms. The molecular weight excluding hydrogens is 404 g/mol. The number of anilines is 1. The molecule has 1 N–H and O–H groups in total. The third-order valence-electron chi connectivity index (χ3n) is 4.69. The van der Waals surface area contributed by atoms with Crippen molar-refractivity contribution in [1.82, 2.24) is 0 Å². The van der Waals surface area contributed by atoms with Gasteiger partial charge >= 0.3 is 0 Å². The summed E-state index contributed by atoms with van der Waals surface area (Å²) in [5.41, 5.74) is 1.95. The summed E-state index contributed by atoms with van der Waals surface area (Å²) in [6.45, 7) is 1.77. The van der Waals surface area contributed by atoms with E-state index in [0.717, 1.165) is 21.3 Å². The summed E-state index contributed by atoms with van der Waals surface area (Å²) in [5, 5.41) is 15.1. The molecule has 0 saturated heterocycles. The van der Waals surface area contributed by atoms with E-state index in [9.17, 15) is 14.9 Å². The Morgan fingerprint density at radius 3 is 2.53 bits per heavy atom. The van der Waals surface area contributed by atoms with Crippen LogP contribution in [0.3, 0.4) is 0 Å². The number of para-hydroxylation sites is 1. The molecule has 1 unspecified atom stereocenters. The highest BCUT2D eigenvalue weighted by molar-refractivity contribution is 8.00. The maximum absolute atomic E-state index is 12.7. The fraction of sp³-hybridized carbons (Fsp3) is 0.136. The van der Waals surface area contributed by atoms with Gasteiger partial charge in [0.05, 0.1) is 23.0 Å². The number of thioether (sulfide) groups is 1. The Hall–Kier alpha value is -3.52. The maximum Gasteiger partial charge on any atom is 0.269 e. The maximum atomic E-state index is 12.7. The molecule has 0 radical (unpaired) electrons. The highest BCUT2D eigenvalue weighted by atomic mass is 32.2. The predicted molar refractivity (Wildman–Crippen MR) is 117 cm³/mol. The largest absolute Gasteiger partial charge is 0.495 e. The lowest BCUT2D eigenvalue weighted by atomic mass is 10.1. The first-order valence-electron chi connectivity index (χ1n) is 9.17. The summed E-state index contributed by atoms with van der Waals surface area (Å²) in [6.07, 6.45) is 0. The summed E-state index contributed by atoms with van der Waals surface area (Å²) in [4.78, 5) is 23.8. The molecule has 0 fully saturated rings. The normalized spacial score (nSPS) is 12.1.